The molecule has 0 bridgehead atoms. The van der Waals surface area contributed by atoms with Crippen LogP contribution in [0.25, 0.3) is 5.69 Å². The highest BCUT2D eigenvalue weighted by atomic mass is 32.2. The fourth-order valence-corrected chi connectivity index (χ4v) is 2.50. The third kappa shape index (κ3) is 2.82. The Morgan fingerprint density at radius 1 is 1.40 bits per heavy atom. The van der Waals surface area contributed by atoms with Crippen molar-refractivity contribution in [3.8, 4) is 5.69 Å². The van der Waals surface area contributed by atoms with Crippen LogP contribution in [0.3, 0.4) is 0 Å². The zero-order chi connectivity index (χ0) is 14.7. The van der Waals surface area contributed by atoms with E-state index < -0.39 is 17.6 Å². The highest BCUT2D eigenvalue weighted by Crippen LogP contribution is 2.27. The number of aromatic nitrogens is 2. The van der Waals surface area contributed by atoms with Crippen molar-refractivity contribution in [1.29, 1.82) is 0 Å². The van der Waals surface area contributed by atoms with Crippen LogP contribution in [0.2, 0.25) is 0 Å². The number of carboxylic acid groups (broad SMARTS) is 1. The van der Waals surface area contributed by atoms with E-state index in [1.807, 2.05) is 6.92 Å². The minimum atomic E-state index is -1.02. The smallest absolute Gasteiger partial charge is 0.313 e. The first-order chi connectivity index (χ1) is 9.54. The first-order valence-corrected chi connectivity index (χ1v) is 6.88. The molecule has 0 aliphatic rings. The standard InChI is InChI=1S/C13H12F2N2O2S/c1-2-8-6-16-13(20-7-11(18)19)17(8)12-9(14)4-3-5-10(12)15/h3-6H,2,7H2,1H3,(H,18,19). The summed E-state index contributed by atoms with van der Waals surface area (Å²) in [6.45, 7) is 1.83. The summed E-state index contributed by atoms with van der Waals surface area (Å²) in [6, 6.07) is 3.59. The van der Waals surface area contributed by atoms with Crippen molar-refractivity contribution in [2.45, 2.75) is 18.5 Å². The molecule has 0 saturated heterocycles. The van der Waals surface area contributed by atoms with Gasteiger partial charge >= 0.3 is 5.97 Å². The van der Waals surface area contributed by atoms with Crippen LogP contribution in [0.4, 0.5) is 8.78 Å². The molecule has 0 radical (unpaired) electrons. The SMILES string of the molecule is CCc1cnc(SCC(=O)O)n1-c1c(F)cccc1F. The van der Waals surface area contributed by atoms with E-state index in [1.54, 1.807) is 0 Å². The maximum atomic E-state index is 13.9. The second-order valence-electron chi connectivity index (χ2n) is 3.97. The summed E-state index contributed by atoms with van der Waals surface area (Å²) in [5.74, 6) is -2.67. The molecule has 0 atom stereocenters. The van der Waals surface area contributed by atoms with Crippen molar-refractivity contribution in [3.05, 3.63) is 41.7 Å². The van der Waals surface area contributed by atoms with Gasteiger partial charge in [-0.25, -0.2) is 13.8 Å². The van der Waals surface area contributed by atoms with Gasteiger partial charge in [0.1, 0.15) is 17.3 Å². The van der Waals surface area contributed by atoms with Gasteiger partial charge in [-0.05, 0) is 18.6 Å². The molecule has 1 N–H and O–H groups in total. The molecule has 0 spiro atoms. The lowest BCUT2D eigenvalue weighted by molar-refractivity contribution is -0.133. The summed E-state index contributed by atoms with van der Waals surface area (Å²) in [6.07, 6.45) is 2.02. The molecule has 0 unspecified atom stereocenters. The molecule has 2 aromatic rings. The molecule has 2 rings (SSSR count). The van der Waals surface area contributed by atoms with Crippen LogP contribution >= 0.6 is 11.8 Å². The summed E-state index contributed by atoms with van der Waals surface area (Å²) in [5.41, 5.74) is 0.386. The van der Waals surface area contributed by atoms with Gasteiger partial charge in [0.2, 0.25) is 0 Å². The fraction of sp³-hybridized carbons (Fsp3) is 0.231. The van der Waals surface area contributed by atoms with Gasteiger partial charge in [0.15, 0.2) is 5.16 Å². The van der Waals surface area contributed by atoms with Gasteiger partial charge in [0.25, 0.3) is 0 Å². The predicted molar refractivity (Wildman–Crippen MR) is 71.2 cm³/mol. The topological polar surface area (TPSA) is 55.1 Å². The molecule has 1 aromatic carbocycles. The fourth-order valence-electron chi connectivity index (χ4n) is 1.79. The number of benzene rings is 1. The van der Waals surface area contributed by atoms with Crippen LogP contribution in [-0.4, -0.2) is 26.4 Å². The van der Waals surface area contributed by atoms with Crippen molar-refractivity contribution in [2.75, 3.05) is 5.75 Å². The average Bonchev–Trinajstić information content (AvgIpc) is 2.79. The summed E-state index contributed by atoms with van der Waals surface area (Å²) in [4.78, 5) is 14.7. The van der Waals surface area contributed by atoms with Gasteiger partial charge in [0.05, 0.1) is 5.75 Å². The Kier molecular flexibility index (Phi) is 4.39. The van der Waals surface area contributed by atoms with E-state index in [1.165, 1.54) is 16.8 Å². The van der Waals surface area contributed by atoms with E-state index in [2.05, 4.69) is 4.98 Å². The van der Waals surface area contributed by atoms with E-state index in [0.717, 1.165) is 23.9 Å². The number of imidazole rings is 1. The molecular weight excluding hydrogens is 286 g/mol. The Balaban J connectivity index is 2.53. The number of rotatable bonds is 5. The van der Waals surface area contributed by atoms with Gasteiger partial charge < -0.3 is 5.11 Å². The zero-order valence-corrected chi connectivity index (χ0v) is 11.5. The number of halogens is 2. The molecule has 1 aromatic heterocycles. The van der Waals surface area contributed by atoms with Gasteiger partial charge in [-0.3, -0.25) is 9.36 Å². The van der Waals surface area contributed by atoms with Crippen molar-refractivity contribution in [2.24, 2.45) is 0 Å². The largest absolute Gasteiger partial charge is 0.481 e. The minimum absolute atomic E-state index is 0.226. The molecular formula is C13H12F2N2O2S. The Labute approximate surface area is 118 Å². The maximum Gasteiger partial charge on any atom is 0.313 e. The lowest BCUT2D eigenvalue weighted by Gasteiger charge is -2.12. The summed E-state index contributed by atoms with van der Waals surface area (Å²) >= 11 is 0.923. The third-order valence-corrected chi connectivity index (χ3v) is 3.59. The second kappa shape index (κ2) is 6.04. The average molecular weight is 298 g/mol. The number of para-hydroxylation sites is 1. The number of thioether (sulfide) groups is 1. The first kappa shape index (κ1) is 14.5. The van der Waals surface area contributed by atoms with Crippen LogP contribution in [0.15, 0.2) is 29.6 Å². The van der Waals surface area contributed by atoms with Crippen molar-refractivity contribution >= 4 is 17.7 Å². The Morgan fingerprint density at radius 3 is 2.60 bits per heavy atom. The molecule has 0 fully saturated rings. The van der Waals surface area contributed by atoms with E-state index in [4.69, 9.17) is 5.11 Å². The quantitative estimate of drug-likeness (QED) is 0.862. The van der Waals surface area contributed by atoms with E-state index in [0.29, 0.717) is 12.1 Å². The summed E-state index contributed by atoms with van der Waals surface area (Å²) in [7, 11) is 0. The number of hydrogen-bond acceptors (Lipinski definition) is 3. The lowest BCUT2D eigenvalue weighted by Crippen LogP contribution is -2.08. The first-order valence-electron chi connectivity index (χ1n) is 5.90. The van der Waals surface area contributed by atoms with Gasteiger partial charge in [0, 0.05) is 11.9 Å². The van der Waals surface area contributed by atoms with Gasteiger partial charge in [-0.15, -0.1) is 0 Å². The van der Waals surface area contributed by atoms with E-state index >= 15 is 0 Å². The minimum Gasteiger partial charge on any atom is -0.481 e. The lowest BCUT2D eigenvalue weighted by atomic mass is 10.2. The number of aryl methyl sites for hydroxylation is 1. The third-order valence-electron chi connectivity index (χ3n) is 2.65. The number of nitrogens with zero attached hydrogens (tertiary/aromatic N) is 2. The number of carbonyl (C=O) groups is 1. The number of aliphatic carboxylic acids is 1. The molecule has 0 amide bonds. The number of hydrogen-bond donors (Lipinski definition) is 1. The predicted octanol–water partition coefficient (Wildman–Crippen LogP) is 2.89. The van der Waals surface area contributed by atoms with Gasteiger partial charge in [-0.1, -0.05) is 24.8 Å². The Hall–Kier alpha value is -1.89. The van der Waals surface area contributed by atoms with Crippen molar-refractivity contribution in [1.82, 2.24) is 9.55 Å². The number of carboxylic acids is 1. The molecule has 0 aliphatic carbocycles. The molecule has 1 heterocycles. The van der Waals surface area contributed by atoms with Crippen LogP contribution in [0, 0.1) is 11.6 Å². The molecule has 4 nitrogen and oxygen atoms in total. The molecule has 7 heteroatoms. The summed E-state index contributed by atoms with van der Waals surface area (Å²) in [5, 5.41) is 8.96. The van der Waals surface area contributed by atoms with Gasteiger partial charge in [-0.2, -0.15) is 0 Å². The molecule has 0 saturated carbocycles. The molecule has 106 valence electrons. The highest BCUT2D eigenvalue weighted by molar-refractivity contribution is 7.99. The van der Waals surface area contributed by atoms with Crippen LogP contribution in [0.5, 0.6) is 0 Å². The zero-order valence-electron chi connectivity index (χ0n) is 10.6. The molecule has 0 aliphatic heterocycles. The van der Waals surface area contributed by atoms with E-state index in [-0.39, 0.29) is 16.6 Å². The van der Waals surface area contributed by atoms with Crippen LogP contribution < -0.4 is 0 Å². The van der Waals surface area contributed by atoms with E-state index in [9.17, 15) is 13.6 Å². The van der Waals surface area contributed by atoms with Crippen molar-refractivity contribution in [3.63, 3.8) is 0 Å². The maximum absolute atomic E-state index is 13.9. The van der Waals surface area contributed by atoms with Crippen LogP contribution in [-0.2, 0) is 11.2 Å². The van der Waals surface area contributed by atoms with Crippen LogP contribution in [0.1, 0.15) is 12.6 Å². The van der Waals surface area contributed by atoms with Crippen molar-refractivity contribution < 1.29 is 18.7 Å². The monoisotopic (exact) mass is 298 g/mol. The highest BCUT2D eigenvalue weighted by Gasteiger charge is 2.18. The Bertz CT molecular complexity index is 623. The molecule has 20 heavy (non-hydrogen) atoms. The Morgan fingerprint density at radius 2 is 2.05 bits per heavy atom. The normalized spacial score (nSPS) is 10.8. The second-order valence-corrected chi connectivity index (χ2v) is 4.92. The summed E-state index contributed by atoms with van der Waals surface area (Å²) < 4.78 is 29.1.